The van der Waals surface area contributed by atoms with Crippen LogP contribution in [0.25, 0.3) is 0 Å². The average Bonchev–Trinajstić information content (AvgIpc) is 2.93. The molecule has 0 saturated carbocycles. The van der Waals surface area contributed by atoms with Crippen LogP contribution in [0.5, 0.6) is 0 Å². The Hall–Kier alpha value is -1.64. The van der Waals surface area contributed by atoms with E-state index in [0.29, 0.717) is 18.8 Å². The minimum absolute atomic E-state index is 0.133. The molecule has 8 nitrogen and oxygen atoms in total. The van der Waals surface area contributed by atoms with Gasteiger partial charge in [-0.2, -0.15) is 11.8 Å². The lowest BCUT2D eigenvalue weighted by Crippen LogP contribution is -2.53. The second kappa shape index (κ2) is 11.0. The van der Waals surface area contributed by atoms with E-state index in [9.17, 15) is 14.4 Å². The summed E-state index contributed by atoms with van der Waals surface area (Å²) in [6.45, 7) is 2.17. The van der Waals surface area contributed by atoms with Crippen molar-refractivity contribution in [2.45, 2.75) is 49.9 Å². The molecule has 0 aromatic carbocycles. The zero-order valence-corrected chi connectivity index (χ0v) is 15.1. The van der Waals surface area contributed by atoms with Gasteiger partial charge in [-0.25, -0.2) is 9.59 Å². The highest BCUT2D eigenvalue weighted by molar-refractivity contribution is 8.00. The smallest absolute Gasteiger partial charge is 0.407 e. The fraction of sp³-hybridized carbons (Fsp3) is 0.800. The second-order valence-electron chi connectivity index (χ2n) is 5.33. The van der Waals surface area contributed by atoms with Gasteiger partial charge in [-0.05, 0) is 19.8 Å². The number of amides is 2. The molecule has 0 radical (unpaired) electrons. The molecule has 1 aliphatic heterocycles. The Labute approximate surface area is 146 Å². The maximum absolute atomic E-state index is 11.6. The van der Waals surface area contributed by atoms with E-state index in [1.165, 1.54) is 14.2 Å². The van der Waals surface area contributed by atoms with Gasteiger partial charge in [-0.15, -0.1) is 0 Å². The van der Waals surface area contributed by atoms with Crippen molar-refractivity contribution in [1.29, 1.82) is 0 Å². The van der Waals surface area contributed by atoms with Crippen molar-refractivity contribution in [1.82, 2.24) is 10.6 Å². The number of carbonyl (C=O) groups is 3. The monoisotopic (exact) mass is 362 g/mol. The minimum atomic E-state index is -0.532. The molecular weight excluding hydrogens is 336 g/mol. The minimum Gasteiger partial charge on any atom is -0.466 e. The van der Waals surface area contributed by atoms with Crippen molar-refractivity contribution in [3.8, 4) is 0 Å². The van der Waals surface area contributed by atoms with Crippen LogP contribution in [-0.4, -0.2) is 62.1 Å². The summed E-state index contributed by atoms with van der Waals surface area (Å²) in [6, 6.07) is -0.472. The van der Waals surface area contributed by atoms with Gasteiger partial charge in [-0.3, -0.25) is 4.79 Å². The first kappa shape index (κ1) is 20.4. The molecule has 24 heavy (non-hydrogen) atoms. The van der Waals surface area contributed by atoms with Crippen LogP contribution in [0, 0.1) is 0 Å². The Kier molecular flexibility index (Phi) is 9.36. The van der Waals surface area contributed by atoms with Crippen LogP contribution >= 0.6 is 11.8 Å². The lowest BCUT2D eigenvalue weighted by molar-refractivity contribution is -0.143. The number of esters is 1. The fourth-order valence-electron chi connectivity index (χ4n) is 2.53. The van der Waals surface area contributed by atoms with Crippen LogP contribution in [0.4, 0.5) is 9.59 Å². The van der Waals surface area contributed by atoms with Gasteiger partial charge in [-0.1, -0.05) is 6.42 Å². The molecule has 2 N–H and O–H groups in total. The number of unbranched alkanes of at least 4 members (excludes halogenated alkanes) is 1. The van der Waals surface area contributed by atoms with Gasteiger partial charge in [0.1, 0.15) is 0 Å². The summed E-state index contributed by atoms with van der Waals surface area (Å²) in [4.78, 5) is 34.3. The van der Waals surface area contributed by atoms with Crippen LogP contribution in [0.1, 0.15) is 32.6 Å². The molecule has 0 aliphatic carbocycles. The van der Waals surface area contributed by atoms with Crippen molar-refractivity contribution in [3.63, 3.8) is 0 Å². The number of alkyl carbamates (subject to hydrolysis) is 2. The summed E-state index contributed by atoms with van der Waals surface area (Å²) in [5.41, 5.74) is 0. The summed E-state index contributed by atoms with van der Waals surface area (Å²) in [7, 11) is 2.60. The highest BCUT2D eigenvalue weighted by Crippen LogP contribution is 2.31. The zero-order chi connectivity index (χ0) is 17.9. The second-order valence-corrected chi connectivity index (χ2v) is 6.60. The first-order valence-electron chi connectivity index (χ1n) is 7.98. The zero-order valence-electron chi connectivity index (χ0n) is 14.3. The van der Waals surface area contributed by atoms with E-state index in [-0.39, 0.29) is 23.3 Å². The molecule has 0 unspecified atom stereocenters. The molecule has 1 heterocycles. The molecule has 0 bridgehead atoms. The van der Waals surface area contributed by atoms with Crippen LogP contribution in [0.15, 0.2) is 0 Å². The van der Waals surface area contributed by atoms with Crippen LogP contribution in [0.2, 0.25) is 0 Å². The third kappa shape index (κ3) is 6.86. The highest BCUT2D eigenvalue weighted by Gasteiger charge is 2.38. The van der Waals surface area contributed by atoms with Gasteiger partial charge < -0.3 is 24.8 Å². The summed E-state index contributed by atoms with van der Waals surface area (Å²) in [6.07, 6.45) is 1.72. The standard InChI is InChI=1S/C15H26N2O6S/c1-4-23-12(18)8-6-5-7-11-13(17-15(20)22-3)10(9-24-11)16-14(19)21-2/h10-11,13H,4-9H2,1-3H3,(H,16,19)(H,17,20)/t10-,11-,13+/m1/s1. The summed E-state index contributed by atoms with van der Waals surface area (Å²) < 4.78 is 14.2. The topological polar surface area (TPSA) is 103 Å². The van der Waals surface area contributed by atoms with E-state index in [1.54, 1.807) is 18.7 Å². The normalized spacial score (nSPS) is 22.5. The number of carbonyl (C=O) groups excluding carboxylic acids is 3. The quantitative estimate of drug-likeness (QED) is 0.385. The lowest BCUT2D eigenvalue weighted by atomic mass is 10.0. The number of nitrogens with one attached hydrogen (secondary N) is 2. The van der Waals surface area contributed by atoms with E-state index in [4.69, 9.17) is 4.74 Å². The number of thioether (sulfide) groups is 1. The van der Waals surface area contributed by atoms with E-state index in [0.717, 1.165) is 19.3 Å². The molecular formula is C15H26N2O6S. The first-order valence-corrected chi connectivity index (χ1v) is 9.02. The van der Waals surface area contributed by atoms with Crippen LogP contribution in [0.3, 0.4) is 0 Å². The van der Waals surface area contributed by atoms with Gasteiger partial charge in [0, 0.05) is 17.4 Å². The lowest BCUT2D eigenvalue weighted by Gasteiger charge is -2.24. The number of hydrogen-bond acceptors (Lipinski definition) is 7. The van der Waals surface area contributed by atoms with Crippen molar-refractivity contribution in [3.05, 3.63) is 0 Å². The molecule has 0 aromatic rings. The summed E-state index contributed by atoms with van der Waals surface area (Å²) >= 11 is 1.68. The number of ether oxygens (including phenoxy) is 3. The van der Waals surface area contributed by atoms with Crippen molar-refractivity contribution < 1.29 is 28.6 Å². The predicted octanol–water partition coefficient (Wildman–Crippen LogP) is 1.67. The van der Waals surface area contributed by atoms with Gasteiger partial charge in [0.05, 0.1) is 32.9 Å². The SMILES string of the molecule is CCOC(=O)CCCC[C@H]1SC[C@@H](NC(=O)OC)[C@@H]1NC(=O)OC. The number of rotatable bonds is 8. The molecule has 0 spiro atoms. The van der Waals surface area contributed by atoms with E-state index >= 15 is 0 Å². The van der Waals surface area contributed by atoms with Gasteiger partial charge >= 0.3 is 18.2 Å². The largest absolute Gasteiger partial charge is 0.466 e. The average molecular weight is 362 g/mol. The number of hydrogen-bond donors (Lipinski definition) is 2. The maximum Gasteiger partial charge on any atom is 0.407 e. The molecule has 138 valence electrons. The summed E-state index contributed by atoms with van der Waals surface area (Å²) in [5.74, 6) is 0.484. The molecule has 1 fully saturated rings. The molecule has 1 rings (SSSR count). The van der Waals surface area contributed by atoms with Crippen molar-refractivity contribution in [2.24, 2.45) is 0 Å². The third-order valence-electron chi connectivity index (χ3n) is 3.71. The van der Waals surface area contributed by atoms with Crippen molar-refractivity contribution in [2.75, 3.05) is 26.6 Å². The molecule has 3 atom stereocenters. The van der Waals surface area contributed by atoms with Gasteiger partial charge in [0.25, 0.3) is 0 Å². The van der Waals surface area contributed by atoms with E-state index in [2.05, 4.69) is 20.1 Å². The number of methoxy groups -OCH3 is 2. The van der Waals surface area contributed by atoms with Crippen molar-refractivity contribution >= 4 is 29.9 Å². The fourth-order valence-corrected chi connectivity index (χ4v) is 4.08. The van der Waals surface area contributed by atoms with Crippen LogP contribution in [-0.2, 0) is 19.0 Å². The molecule has 1 aliphatic rings. The maximum atomic E-state index is 11.6. The van der Waals surface area contributed by atoms with Crippen LogP contribution < -0.4 is 10.6 Å². The Balaban J connectivity index is 2.49. The van der Waals surface area contributed by atoms with Gasteiger partial charge in [0.2, 0.25) is 0 Å². The highest BCUT2D eigenvalue weighted by atomic mass is 32.2. The Bertz CT molecular complexity index is 434. The summed E-state index contributed by atoms with van der Waals surface area (Å²) in [5, 5.41) is 5.65. The Morgan fingerprint density at radius 3 is 2.38 bits per heavy atom. The predicted molar refractivity (Wildman–Crippen MR) is 90.0 cm³/mol. The molecule has 9 heteroatoms. The van der Waals surface area contributed by atoms with Gasteiger partial charge in [0.15, 0.2) is 0 Å². The van der Waals surface area contributed by atoms with E-state index in [1.807, 2.05) is 0 Å². The Morgan fingerprint density at radius 2 is 1.75 bits per heavy atom. The third-order valence-corrected chi connectivity index (χ3v) is 5.22. The molecule has 0 aromatic heterocycles. The Morgan fingerprint density at radius 1 is 1.08 bits per heavy atom. The van der Waals surface area contributed by atoms with E-state index < -0.39 is 12.2 Å². The first-order chi connectivity index (χ1) is 11.5. The molecule has 2 amide bonds. The molecule has 1 saturated heterocycles.